The van der Waals surface area contributed by atoms with E-state index < -0.39 is 52.3 Å². The number of sulfone groups is 2. The molecule has 16 nitrogen and oxygen atoms in total. The van der Waals surface area contributed by atoms with Crippen molar-refractivity contribution in [2.75, 3.05) is 10.6 Å². The molecule has 2 aromatic heterocycles. The summed E-state index contributed by atoms with van der Waals surface area (Å²) in [6.07, 6.45) is 9.40. The lowest BCUT2D eigenvalue weighted by atomic mass is 9.85. The van der Waals surface area contributed by atoms with Crippen molar-refractivity contribution >= 4 is 54.5 Å². The fourth-order valence-electron chi connectivity index (χ4n) is 6.80. The summed E-state index contributed by atoms with van der Waals surface area (Å²) in [5, 5.41) is 32.9. The van der Waals surface area contributed by atoms with Crippen LogP contribution in [0.5, 0.6) is 0 Å². The fourth-order valence-corrected chi connectivity index (χ4v) is 8.32. The van der Waals surface area contributed by atoms with Gasteiger partial charge in [0.2, 0.25) is 0 Å². The highest BCUT2D eigenvalue weighted by Gasteiger charge is 2.47. The van der Waals surface area contributed by atoms with Crippen LogP contribution >= 0.6 is 0 Å². The van der Waals surface area contributed by atoms with Gasteiger partial charge in [0.1, 0.15) is 11.1 Å². The number of nitrogens with one attached hydrogen (secondary N) is 2. The third kappa shape index (κ3) is 9.66. The summed E-state index contributed by atoms with van der Waals surface area (Å²) in [6.45, 7) is 0. The van der Waals surface area contributed by atoms with Crippen molar-refractivity contribution in [3.8, 4) is 12.1 Å². The van der Waals surface area contributed by atoms with Gasteiger partial charge in [0.15, 0.2) is 11.6 Å². The number of aromatic nitrogens is 4. The van der Waals surface area contributed by atoms with Gasteiger partial charge in [0.25, 0.3) is 31.5 Å². The van der Waals surface area contributed by atoms with Crippen LogP contribution in [0.25, 0.3) is 0 Å². The van der Waals surface area contributed by atoms with Gasteiger partial charge >= 0.3 is 11.0 Å². The summed E-state index contributed by atoms with van der Waals surface area (Å²) < 4.78 is 125. The van der Waals surface area contributed by atoms with Crippen LogP contribution in [0.15, 0.2) is 70.7 Å². The average molecular weight is 883 g/mol. The number of anilines is 4. The van der Waals surface area contributed by atoms with E-state index >= 15 is 0 Å². The lowest BCUT2D eigenvalue weighted by Gasteiger charge is -2.26. The molecule has 2 heterocycles. The quantitative estimate of drug-likeness (QED) is 0.124. The molecule has 2 aliphatic carbocycles. The van der Waals surface area contributed by atoms with E-state index in [4.69, 9.17) is 11.5 Å². The Bertz CT molecular complexity index is 2350. The van der Waals surface area contributed by atoms with E-state index in [2.05, 4.69) is 33.0 Å². The van der Waals surface area contributed by atoms with Gasteiger partial charge in [0, 0.05) is 23.8 Å². The highest BCUT2D eigenvalue weighted by Crippen LogP contribution is 2.37. The summed E-state index contributed by atoms with van der Waals surface area (Å²) in [6, 6.07) is 11.8. The number of halogens is 6. The minimum atomic E-state index is -5.46. The van der Waals surface area contributed by atoms with Gasteiger partial charge in [0.05, 0.1) is 45.8 Å². The number of carbonyl (C=O) groups excluding carboxylic acids is 2. The number of nitriles is 2. The van der Waals surface area contributed by atoms with Crippen molar-refractivity contribution in [1.82, 2.24) is 19.6 Å². The predicted molar refractivity (Wildman–Crippen MR) is 201 cm³/mol. The molecule has 2 saturated carbocycles. The Kier molecular flexibility index (Phi) is 13.2. The maximum atomic E-state index is 12.7. The number of alkyl halides is 6. The number of nitrogens with zero attached hydrogens (tertiary/aromatic N) is 6. The third-order valence-electron chi connectivity index (χ3n) is 9.93. The number of carbonyl (C=O) groups is 2. The van der Waals surface area contributed by atoms with E-state index in [1.54, 1.807) is 0 Å². The molecule has 0 unspecified atom stereocenters. The lowest BCUT2D eigenvalue weighted by molar-refractivity contribution is -0.0442. The Balaban J connectivity index is 0.000000228. The molecule has 2 aliphatic rings. The van der Waals surface area contributed by atoms with Gasteiger partial charge in [-0.1, -0.05) is 25.7 Å². The minimum Gasteiger partial charge on any atom is -0.365 e. The van der Waals surface area contributed by atoms with Crippen LogP contribution in [0, 0.1) is 34.5 Å². The molecule has 6 N–H and O–H groups in total. The van der Waals surface area contributed by atoms with Gasteiger partial charge in [-0.05, 0) is 74.2 Å². The molecule has 0 aliphatic heterocycles. The van der Waals surface area contributed by atoms with E-state index in [1.165, 1.54) is 21.8 Å². The van der Waals surface area contributed by atoms with Crippen LogP contribution in [-0.4, -0.2) is 59.2 Å². The molecule has 0 saturated heterocycles. The number of amides is 2. The number of rotatable bonds is 10. The summed E-state index contributed by atoms with van der Waals surface area (Å²) in [7, 11) is -10.9. The van der Waals surface area contributed by atoms with Crippen LogP contribution < -0.4 is 22.1 Å². The summed E-state index contributed by atoms with van der Waals surface area (Å²) >= 11 is 0. The van der Waals surface area contributed by atoms with Crippen LogP contribution in [0.3, 0.4) is 0 Å². The van der Waals surface area contributed by atoms with Crippen LogP contribution in [0.1, 0.15) is 84.2 Å². The molecule has 320 valence electrons. The molecule has 4 atom stereocenters. The number of primary amides is 2. The number of hydrogen-bond donors (Lipinski definition) is 4. The molecule has 0 radical (unpaired) electrons. The molecule has 6 rings (SSSR count). The van der Waals surface area contributed by atoms with Gasteiger partial charge in [-0.25, -0.2) is 16.8 Å². The Morgan fingerprint density at radius 2 is 0.933 bits per heavy atom. The molecular formula is C36H36F6N10O6S2. The largest absolute Gasteiger partial charge is 0.501 e. The van der Waals surface area contributed by atoms with E-state index in [-0.39, 0.29) is 58.1 Å². The second-order valence-corrected chi connectivity index (χ2v) is 17.7. The summed E-state index contributed by atoms with van der Waals surface area (Å²) in [5.41, 5.74) is 0.516. The number of benzene rings is 2. The Morgan fingerprint density at radius 3 is 1.22 bits per heavy atom. The smallest absolute Gasteiger partial charge is 0.365 e. The SMILES string of the molecule is N#C[C@@H]1CCCC[C@H]1n1cc(C(N)=O)c(Nc2ccc(S(=O)(=O)C(F)(F)F)cc2)n1.N#C[C@H]1CCCC[C@@H]1n1cc(C(N)=O)c(Nc2ccc(S(=O)(=O)C(F)(F)F)cc2)n1. The van der Waals surface area contributed by atoms with Crippen molar-refractivity contribution in [1.29, 1.82) is 10.5 Å². The fraction of sp³-hybridized carbons (Fsp3) is 0.389. The summed E-state index contributed by atoms with van der Waals surface area (Å²) in [5.74, 6) is -1.95. The van der Waals surface area contributed by atoms with Crippen molar-refractivity contribution in [3.63, 3.8) is 0 Å². The molecule has 0 spiro atoms. The molecule has 0 bridgehead atoms. The zero-order valence-corrected chi connectivity index (χ0v) is 32.7. The van der Waals surface area contributed by atoms with Crippen molar-refractivity contribution in [3.05, 3.63) is 72.1 Å². The Morgan fingerprint density at radius 1 is 0.617 bits per heavy atom. The second-order valence-electron chi connectivity index (χ2n) is 13.8. The van der Waals surface area contributed by atoms with E-state index in [0.29, 0.717) is 25.7 Å². The predicted octanol–water partition coefficient (Wildman–Crippen LogP) is 6.55. The molecule has 2 fully saturated rings. The second kappa shape index (κ2) is 17.6. The molecule has 24 heteroatoms. The Hall–Kier alpha value is -6.14. The van der Waals surface area contributed by atoms with Crippen LogP contribution in [-0.2, 0) is 19.7 Å². The molecule has 60 heavy (non-hydrogen) atoms. The molecule has 2 amide bonds. The Labute approximate surface area is 339 Å². The van der Waals surface area contributed by atoms with Gasteiger partial charge < -0.3 is 22.1 Å². The first-order valence-electron chi connectivity index (χ1n) is 18.0. The van der Waals surface area contributed by atoms with Gasteiger partial charge in [-0.3, -0.25) is 19.0 Å². The zero-order chi connectivity index (χ0) is 44.2. The zero-order valence-electron chi connectivity index (χ0n) is 31.1. The van der Waals surface area contributed by atoms with Gasteiger partial charge in [-0.15, -0.1) is 0 Å². The third-order valence-corrected chi connectivity index (χ3v) is 12.9. The van der Waals surface area contributed by atoms with E-state index in [9.17, 15) is 63.3 Å². The highest BCUT2D eigenvalue weighted by atomic mass is 32.2. The first-order chi connectivity index (χ1) is 28.1. The van der Waals surface area contributed by atoms with Gasteiger partial charge in [-0.2, -0.15) is 47.1 Å². The summed E-state index contributed by atoms with van der Waals surface area (Å²) in [4.78, 5) is 21.8. The molecule has 4 aromatic rings. The maximum absolute atomic E-state index is 12.7. The van der Waals surface area contributed by atoms with E-state index in [1.807, 2.05) is 0 Å². The normalized spacial score (nSPS) is 19.8. The first-order valence-corrected chi connectivity index (χ1v) is 21.0. The van der Waals surface area contributed by atoms with Crippen LogP contribution in [0.2, 0.25) is 0 Å². The first kappa shape index (κ1) is 45.0. The number of nitrogens with two attached hydrogens (primary N) is 2. The van der Waals surface area contributed by atoms with Crippen molar-refractivity contribution in [2.24, 2.45) is 23.3 Å². The van der Waals surface area contributed by atoms with E-state index in [0.717, 1.165) is 74.2 Å². The standard InChI is InChI=1S/2C18H18F3N5O3S/c2*19-18(20,21)30(28,29)13-7-5-12(6-8-13)24-17-14(16(23)27)10-26(25-17)15-4-2-1-3-11(15)9-22/h2*5-8,10-11,15H,1-4H2,(H2,23,27)(H,24,25)/t2*11-,15+/m10/s1. The monoisotopic (exact) mass is 882 g/mol. The van der Waals surface area contributed by atoms with Crippen molar-refractivity contribution in [2.45, 2.75) is 84.3 Å². The van der Waals surface area contributed by atoms with Crippen LogP contribution in [0.4, 0.5) is 49.4 Å². The molecule has 2 aromatic carbocycles. The average Bonchev–Trinajstić information content (AvgIpc) is 3.82. The lowest BCUT2D eigenvalue weighted by Crippen LogP contribution is -2.23. The topological polar surface area (TPSA) is 262 Å². The maximum Gasteiger partial charge on any atom is 0.501 e. The number of hydrogen-bond acceptors (Lipinski definition) is 12. The highest BCUT2D eigenvalue weighted by molar-refractivity contribution is 7.92. The molecular weight excluding hydrogens is 847 g/mol. The van der Waals surface area contributed by atoms with Crippen molar-refractivity contribution < 1.29 is 52.8 Å². The minimum absolute atomic E-state index is 0.0456.